The first-order valence-corrected chi connectivity index (χ1v) is 12.3. The van der Waals surface area contributed by atoms with Crippen LogP contribution in [-0.2, 0) is 23.8 Å². The van der Waals surface area contributed by atoms with E-state index in [1.54, 1.807) is 0 Å². The number of carboxylic acid groups (broad SMARTS) is 1. The number of nitrogens with one attached hydrogen (secondary N) is 2. The van der Waals surface area contributed by atoms with Crippen LogP contribution < -0.4 is 10.6 Å². The molecule has 1 aromatic heterocycles. The highest BCUT2D eigenvalue weighted by atomic mass is 19.4. The van der Waals surface area contributed by atoms with Gasteiger partial charge in [-0.1, -0.05) is 6.07 Å². The number of anilines is 1. The Morgan fingerprint density at radius 1 is 1.19 bits per heavy atom. The molecule has 2 atom stereocenters. The van der Waals surface area contributed by atoms with Gasteiger partial charge in [-0.15, -0.1) is 0 Å². The lowest BCUT2D eigenvalue weighted by atomic mass is 10.00. The Morgan fingerprint density at radius 2 is 1.97 bits per heavy atom. The van der Waals surface area contributed by atoms with Crippen molar-refractivity contribution in [3.8, 4) is 0 Å². The number of rotatable bonds is 9. The zero-order valence-electron chi connectivity index (χ0n) is 20.0. The van der Waals surface area contributed by atoms with Crippen molar-refractivity contribution in [3.05, 3.63) is 58.8 Å². The quantitative estimate of drug-likeness (QED) is 0.478. The Labute approximate surface area is 208 Å². The van der Waals surface area contributed by atoms with E-state index in [1.807, 2.05) is 0 Å². The number of aromatic nitrogens is 1. The highest BCUT2D eigenvalue weighted by Crippen LogP contribution is 2.29. The molecule has 0 saturated carbocycles. The molecular formula is C26H31F3N4O3. The summed E-state index contributed by atoms with van der Waals surface area (Å²) in [5, 5.41) is 15.3. The molecule has 2 aliphatic heterocycles. The molecule has 2 aliphatic rings. The molecule has 10 heteroatoms. The Kier molecular flexibility index (Phi) is 8.13. The van der Waals surface area contributed by atoms with E-state index >= 15 is 0 Å². The maximum Gasteiger partial charge on any atom is 0.416 e. The molecule has 0 spiro atoms. The number of carbonyl (C=O) groups is 2. The molecule has 0 radical (unpaired) electrons. The van der Waals surface area contributed by atoms with Crippen LogP contribution in [0.2, 0.25) is 0 Å². The first kappa shape index (κ1) is 25.9. The average molecular weight is 505 g/mol. The lowest BCUT2D eigenvalue weighted by Crippen LogP contribution is -2.43. The van der Waals surface area contributed by atoms with Crippen LogP contribution in [0.1, 0.15) is 52.9 Å². The van der Waals surface area contributed by atoms with Gasteiger partial charge in [-0.3, -0.25) is 4.79 Å². The number of hydrogen-bond acceptors (Lipinski definition) is 5. The number of hydrogen-bond donors (Lipinski definition) is 3. The number of carbonyl (C=O) groups excluding carboxylic acids is 1. The average Bonchev–Trinajstić information content (AvgIpc) is 3.32. The third-order valence-electron chi connectivity index (χ3n) is 6.94. The molecule has 1 fully saturated rings. The van der Waals surface area contributed by atoms with Crippen molar-refractivity contribution in [1.82, 2.24) is 15.2 Å². The van der Waals surface area contributed by atoms with Crippen LogP contribution in [0.25, 0.3) is 0 Å². The van der Waals surface area contributed by atoms with E-state index < -0.39 is 29.7 Å². The first-order chi connectivity index (χ1) is 17.2. The number of nitrogens with zero attached hydrogens (tertiary/aromatic N) is 2. The second-order valence-electron chi connectivity index (χ2n) is 9.56. The first-order valence-electron chi connectivity index (χ1n) is 12.3. The number of pyridine rings is 1. The number of fused-ring (bicyclic) bond motifs is 1. The van der Waals surface area contributed by atoms with Gasteiger partial charge >= 0.3 is 12.1 Å². The Hall–Kier alpha value is -3.14. The summed E-state index contributed by atoms with van der Waals surface area (Å²) in [5.41, 5.74) is 1.48. The van der Waals surface area contributed by atoms with Crippen molar-refractivity contribution in [2.75, 3.05) is 31.5 Å². The van der Waals surface area contributed by atoms with E-state index in [-0.39, 0.29) is 12.0 Å². The fourth-order valence-corrected chi connectivity index (χ4v) is 4.83. The smallest absolute Gasteiger partial charge is 0.416 e. The minimum Gasteiger partial charge on any atom is -0.480 e. The van der Waals surface area contributed by atoms with Gasteiger partial charge in [-0.2, -0.15) is 13.2 Å². The maximum atomic E-state index is 12.7. The van der Waals surface area contributed by atoms with E-state index in [4.69, 9.17) is 4.98 Å². The summed E-state index contributed by atoms with van der Waals surface area (Å²) < 4.78 is 38.2. The molecule has 1 amide bonds. The van der Waals surface area contributed by atoms with Gasteiger partial charge in [-0.05, 0) is 86.9 Å². The molecule has 1 aromatic carbocycles. The number of carboxylic acids is 1. The molecule has 0 unspecified atom stereocenters. The predicted molar refractivity (Wildman–Crippen MR) is 129 cm³/mol. The number of halogens is 3. The fraction of sp³-hybridized carbons (Fsp3) is 0.500. The topological polar surface area (TPSA) is 94.6 Å². The summed E-state index contributed by atoms with van der Waals surface area (Å²) in [4.78, 5) is 31.0. The number of amides is 1. The van der Waals surface area contributed by atoms with Gasteiger partial charge in [0.2, 0.25) is 0 Å². The fourth-order valence-electron chi connectivity index (χ4n) is 4.83. The standard InChI is InChI=1S/C26H31F3N4O3/c27-26(28,29)20-7-4-19(5-8-20)24(34)32-22(25(35)36)12-15-33-14-11-17(16-33)3-9-21-10-6-18-2-1-13-30-23(18)31-21/h4-8,10,17,22H,1-3,9,11-16H2,(H,30,31)(H,32,34)(H,35,36)/t17-,22+/m0/s1. The number of likely N-dealkylation sites (tertiary alicyclic amines) is 1. The van der Waals surface area contributed by atoms with Crippen molar-refractivity contribution < 1.29 is 27.9 Å². The van der Waals surface area contributed by atoms with Crippen molar-refractivity contribution in [1.29, 1.82) is 0 Å². The van der Waals surface area contributed by atoms with Crippen LogP contribution in [0.3, 0.4) is 0 Å². The van der Waals surface area contributed by atoms with Gasteiger partial charge in [0.25, 0.3) is 5.91 Å². The van der Waals surface area contributed by atoms with Crippen LogP contribution in [0.15, 0.2) is 36.4 Å². The van der Waals surface area contributed by atoms with E-state index in [2.05, 4.69) is 27.7 Å². The molecule has 194 valence electrons. The van der Waals surface area contributed by atoms with Crippen LogP contribution in [0.4, 0.5) is 19.0 Å². The number of benzene rings is 1. The molecule has 36 heavy (non-hydrogen) atoms. The van der Waals surface area contributed by atoms with Crippen LogP contribution >= 0.6 is 0 Å². The molecular weight excluding hydrogens is 473 g/mol. The highest BCUT2D eigenvalue weighted by Gasteiger charge is 2.31. The number of alkyl halides is 3. The van der Waals surface area contributed by atoms with E-state index in [1.165, 1.54) is 5.56 Å². The summed E-state index contributed by atoms with van der Waals surface area (Å²) in [6.07, 6.45) is 0.845. The zero-order chi connectivity index (χ0) is 25.7. The van der Waals surface area contributed by atoms with Crippen molar-refractivity contribution >= 4 is 17.7 Å². The molecule has 0 bridgehead atoms. The molecule has 7 nitrogen and oxygen atoms in total. The lowest BCUT2D eigenvalue weighted by molar-refractivity contribution is -0.139. The van der Waals surface area contributed by atoms with Gasteiger partial charge in [0.1, 0.15) is 11.9 Å². The van der Waals surface area contributed by atoms with Crippen molar-refractivity contribution in [2.24, 2.45) is 5.92 Å². The van der Waals surface area contributed by atoms with Gasteiger partial charge < -0.3 is 20.6 Å². The summed E-state index contributed by atoms with van der Waals surface area (Å²) >= 11 is 0. The van der Waals surface area contributed by atoms with Crippen LogP contribution in [0, 0.1) is 5.92 Å². The maximum absolute atomic E-state index is 12.7. The summed E-state index contributed by atoms with van der Waals surface area (Å²) in [7, 11) is 0. The molecule has 4 rings (SSSR count). The Balaban J connectivity index is 1.23. The second kappa shape index (κ2) is 11.3. The Bertz CT molecular complexity index is 1080. The zero-order valence-corrected chi connectivity index (χ0v) is 20.0. The van der Waals surface area contributed by atoms with Gasteiger partial charge in [0.05, 0.1) is 5.56 Å². The van der Waals surface area contributed by atoms with Gasteiger partial charge in [0.15, 0.2) is 0 Å². The molecule has 2 aromatic rings. The molecule has 1 saturated heterocycles. The third-order valence-corrected chi connectivity index (χ3v) is 6.94. The lowest BCUT2D eigenvalue weighted by Gasteiger charge is -2.20. The minimum atomic E-state index is -4.50. The highest BCUT2D eigenvalue weighted by molar-refractivity contribution is 5.96. The molecule has 3 N–H and O–H groups in total. The third kappa shape index (κ3) is 6.75. The molecule has 3 heterocycles. The summed E-state index contributed by atoms with van der Waals surface area (Å²) in [5.74, 6) is -0.369. The molecule has 0 aliphatic carbocycles. The Morgan fingerprint density at radius 3 is 2.69 bits per heavy atom. The summed E-state index contributed by atoms with van der Waals surface area (Å²) in [6, 6.07) is 6.87. The minimum absolute atomic E-state index is 0.0125. The van der Waals surface area contributed by atoms with E-state index in [9.17, 15) is 27.9 Å². The number of aryl methyl sites for hydroxylation is 2. The van der Waals surface area contributed by atoms with Gasteiger partial charge in [-0.25, -0.2) is 9.78 Å². The monoisotopic (exact) mass is 504 g/mol. The number of aliphatic carboxylic acids is 1. The SMILES string of the molecule is O=C(N[C@H](CCN1CC[C@H](CCc2ccc3c(n2)NCCC3)C1)C(=O)O)c1ccc(C(F)(F)F)cc1. The van der Waals surface area contributed by atoms with Gasteiger partial charge in [0, 0.05) is 30.9 Å². The van der Waals surface area contributed by atoms with E-state index in [0.717, 1.165) is 87.5 Å². The second-order valence-corrected chi connectivity index (χ2v) is 9.56. The van der Waals surface area contributed by atoms with Crippen molar-refractivity contribution in [2.45, 2.75) is 50.7 Å². The normalized spacial score (nSPS) is 18.8. The van der Waals surface area contributed by atoms with Crippen LogP contribution in [-0.4, -0.2) is 59.1 Å². The van der Waals surface area contributed by atoms with E-state index in [0.29, 0.717) is 12.5 Å². The largest absolute Gasteiger partial charge is 0.480 e. The predicted octanol–water partition coefficient (Wildman–Crippen LogP) is 3.99. The van der Waals surface area contributed by atoms with Crippen molar-refractivity contribution in [3.63, 3.8) is 0 Å². The summed E-state index contributed by atoms with van der Waals surface area (Å²) in [6.45, 7) is 3.20. The van der Waals surface area contributed by atoms with Crippen LogP contribution in [0.5, 0.6) is 0 Å².